The molecule has 0 saturated heterocycles. The van der Waals surface area contributed by atoms with E-state index in [4.69, 9.17) is 10.00 Å². The molecule has 73 valence electrons. The highest BCUT2D eigenvalue weighted by Gasteiger charge is 1.98. The zero-order chi connectivity index (χ0) is 10.7. The van der Waals surface area contributed by atoms with Crippen molar-refractivity contribution in [3.8, 4) is 11.8 Å². The van der Waals surface area contributed by atoms with E-state index in [0.717, 1.165) is 22.1 Å². The number of methoxy groups -OCH3 is 1. The van der Waals surface area contributed by atoms with Crippen LogP contribution in [-0.2, 0) is 0 Å². The van der Waals surface area contributed by atoms with Crippen molar-refractivity contribution in [2.24, 2.45) is 0 Å². The number of nitrogens with zero attached hydrogens (tertiary/aromatic N) is 1. The summed E-state index contributed by atoms with van der Waals surface area (Å²) in [6.07, 6.45) is 1.53. The molecular weight excluding hydrogens is 186 g/mol. The molecule has 2 aromatic rings. The third kappa shape index (κ3) is 1.92. The second-order valence-electron chi connectivity index (χ2n) is 3.25. The highest BCUT2D eigenvalue weighted by molar-refractivity contribution is 5.84. The predicted molar refractivity (Wildman–Crippen MR) is 59.5 cm³/mol. The molecule has 0 amide bonds. The second kappa shape index (κ2) is 4.02. The van der Waals surface area contributed by atoms with Crippen molar-refractivity contribution in [3.63, 3.8) is 0 Å². The maximum Gasteiger partial charge on any atom is 0.119 e. The van der Waals surface area contributed by atoms with Gasteiger partial charge in [0.15, 0.2) is 0 Å². The molecule has 0 aromatic heterocycles. The Bertz CT molecular complexity index is 526. The minimum atomic E-state index is 0.847. The lowest BCUT2D eigenvalue weighted by Gasteiger charge is -2.03. The van der Waals surface area contributed by atoms with E-state index < -0.39 is 0 Å². The molecule has 0 fully saturated rings. The summed E-state index contributed by atoms with van der Waals surface area (Å²) in [7, 11) is 1.65. The monoisotopic (exact) mass is 196 g/mol. The van der Waals surface area contributed by atoms with Gasteiger partial charge in [0.05, 0.1) is 19.6 Å². The van der Waals surface area contributed by atoms with Gasteiger partial charge in [0.1, 0.15) is 5.75 Å². The maximum atomic E-state index is 8.55. The van der Waals surface area contributed by atoms with E-state index in [9.17, 15) is 0 Å². The lowest BCUT2D eigenvalue weighted by Crippen LogP contribution is -1.83. The quantitative estimate of drug-likeness (QED) is 0.739. The molecule has 0 aliphatic heterocycles. The summed E-state index contributed by atoms with van der Waals surface area (Å²) >= 11 is 0. The fraction of sp³-hybridized carbons (Fsp3) is 0.0769. The summed E-state index contributed by atoms with van der Waals surface area (Å²) in [4.78, 5) is 0. The molecule has 1 radical (unpaired) electrons. The fourth-order valence-electron chi connectivity index (χ4n) is 1.53. The average molecular weight is 196 g/mol. The van der Waals surface area contributed by atoms with Gasteiger partial charge in [-0.2, -0.15) is 5.26 Å². The van der Waals surface area contributed by atoms with Gasteiger partial charge in [0.25, 0.3) is 0 Å². The number of hydrogen-bond acceptors (Lipinski definition) is 2. The summed E-state index contributed by atoms with van der Waals surface area (Å²) < 4.78 is 5.14. The van der Waals surface area contributed by atoms with Crippen molar-refractivity contribution in [2.45, 2.75) is 0 Å². The van der Waals surface area contributed by atoms with Crippen LogP contribution >= 0.6 is 0 Å². The van der Waals surface area contributed by atoms with Crippen molar-refractivity contribution in [1.29, 1.82) is 5.26 Å². The molecule has 0 unspecified atom stereocenters. The molecule has 0 aliphatic rings. The minimum Gasteiger partial charge on any atom is -0.497 e. The molecule has 2 heteroatoms. The fourth-order valence-corrected chi connectivity index (χ4v) is 1.53. The van der Waals surface area contributed by atoms with E-state index in [2.05, 4.69) is 0 Å². The van der Waals surface area contributed by atoms with Gasteiger partial charge in [-0.05, 0) is 34.5 Å². The first-order chi connectivity index (χ1) is 7.33. The molecular formula is C13H10NO. The van der Waals surface area contributed by atoms with Gasteiger partial charge < -0.3 is 4.74 Å². The first-order valence-corrected chi connectivity index (χ1v) is 4.64. The maximum absolute atomic E-state index is 8.55. The van der Waals surface area contributed by atoms with Gasteiger partial charge in [-0.25, -0.2) is 0 Å². The van der Waals surface area contributed by atoms with Crippen LogP contribution in [0.25, 0.3) is 10.8 Å². The van der Waals surface area contributed by atoms with Crippen LogP contribution < -0.4 is 4.74 Å². The van der Waals surface area contributed by atoms with Gasteiger partial charge >= 0.3 is 0 Å². The number of ether oxygens (including phenoxy) is 1. The Balaban J connectivity index is 2.51. The Morgan fingerprint density at radius 3 is 2.60 bits per heavy atom. The lowest BCUT2D eigenvalue weighted by atomic mass is 10.1. The Morgan fingerprint density at radius 2 is 1.87 bits per heavy atom. The average Bonchev–Trinajstić information content (AvgIpc) is 2.29. The summed E-state index contributed by atoms with van der Waals surface area (Å²) in [5.41, 5.74) is 0.926. The van der Waals surface area contributed by atoms with Crippen LogP contribution in [0.3, 0.4) is 0 Å². The van der Waals surface area contributed by atoms with Crippen LogP contribution in [0.5, 0.6) is 5.75 Å². The van der Waals surface area contributed by atoms with Crippen molar-refractivity contribution < 1.29 is 4.74 Å². The SMILES string of the molecule is COc1ccc2cc([CH]C#N)ccc2c1. The highest BCUT2D eigenvalue weighted by Crippen LogP contribution is 2.22. The highest BCUT2D eigenvalue weighted by atomic mass is 16.5. The molecule has 2 nitrogen and oxygen atoms in total. The number of fused-ring (bicyclic) bond motifs is 1. The van der Waals surface area contributed by atoms with Crippen LogP contribution in [0.1, 0.15) is 5.56 Å². The summed E-state index contributed by atoms with van der Waals surface area (Å²) in [6, 6.07) is 13.8. The standard InChI is InChI=1S/C13H10NO/c1-15-13-5-4-11-8-10(6-7-14)2-3-12(11)9-13/h2-6,8-9H,1H3. The Labute approximate surface area is 88.7 Å². The molecule has 0 atom stereocenters. The minimum absolute atomic E-state index is 0.847. The number of nitriles is 1. The topological polar surface area (TPSA) is 33.0 Å². The van der Waals surface area contributed by atoms with E-state index >= 15 is 0 Å². The Kier molecular flexibility index (Phi) is 2.55. The van der Waals surface area contributed by atoms with Gasteiger partial charge in [0, 0.05) is 0 Å². The van der Waals surface area contributed by atoms with E-state index in [1.807, 2.05) is 42.5 Å². The molecule has 0 saturated carbocycles. The normalized spacial score (nSPS) is 9.87. The Morgan fingerprint density at radius 1 is 1.13 bits per heavy atom. The van der Waals surface area contributed by atoms with Crippen LogP contribution in [0.15, 0.2) is 36.4 Å². The lowest BCUT2D eigenvalue weighted by molar-refractivity contribution is 0.415. The third-order valence-electron chi connectivity index (χ3n) is 2.30. The van der Waals surface area contributed by atoms with Crippen molar-refractivity contribution in [1.82, 2.24) is 0 Å². The predicted octanol–water partition coefficient (Wildman–Crippen LogP) is 2.92. The van der Waals surface area contributed by atoms with E-state index in [0.29, 0.717) is 0 Å². The van der Waals surface area contributed by atoms with E-state index in [1.165, 1.54) is 6.42 Å². The summed E-state index contributed by atoms with van der Waals surface area (Å²) in [5.74, 6) is 0.847. The zero-order valence-electron chi connectivity index (χ0n) is 8.40. The first kappa shape index (κ1) is 9.54. The third-order valence-corrected chi connectivity index (χ3v) is 2.30. The van der Waals surface area contributed by atoms with Gasteiger partial charge in [-0.15, -0.1) is 0 Å². The van der Waals surface area contributed by atoms with Crippen molar-refractivity contribution in [3.05, 3.63) is 48.4 Å². The number of hydrogen-bond donors (Lipinski definition) is 0. The van der Waals surface area contributed by atoms with Gasteiger partial charge in [0.2, 0.25) is 0 Å². The van der Waals surface area contributed by atoms with Crippen molar-refractivity contribution in [2.75, 3.05) is 7.11 Å². The van der Waals surface area contributed by atoms with Crippen LogP contribution in [0, 0.1) is 17.8 Å². The molecule has 15 heavy (non-hydrogen) atoms. The molecule has 0 bridgehead atoms. The number of benzene rings is 2. The van der Waals surface area contributed by atoms with E-state index in [-0.39, 0.29) is 0 Å². The zero-order valence-corrected chi connectivity index (χ0v) is 8.40. The molecule has 2 rings (SSSR count). The summed E-state index contributed by atoms with van der Waals surface area (Å²) in [5, 5.41) is 10.8. The largest absolute Gasteiger partial charge is 0.497 e. The summed E-state index contributed by atoms with van der Waals surface area (Å²) in [6.45, 7) is 0. The van der Waals surface area contributed by atoms with Gasteiger partial charge in [-0.3, -0.25) is 0 Å². The van der Waals surface area contributed by atoms with Crippen molar-refractivity contribution >= 4 is 10.8 Å². The first-order valence-electron chi connectivity index (χ1n) is 4.64. The van der Waals surface area contributed by atoms with Crippen LogP contribution in [-0.4, -0.2) is 7.11 Å². The molecule has 0 spiro atoms. The molecule has 0 heterocycles. The second-order valence-corrected chi connectivity index (χ2v) is 3.25. The molecule has 2 aromatic carbocycles. The Hall–Kier alpha value is -2.01. The van der Waals surface area contributed by atoms with Crippen LogP contribution in [0.4, 0.5) is 0 Å². The number of rotatable bonds is 2. The molecule has 0 aliphatic carbocycles. The smallest absolute Gasteiger partial charge is 0.119 e. The van der Waals surface area contributed by atoms with E-state index in [1.54, 1.807) is 7.11 Å². The van der Waals surface area contributed by atoms with Crippen LogP contribution in [0.2, 0.25) is 0 Å². The molecule has 0 N–H and O–H groups in total. The van der Waals surface area contributed by atoms with Gasteiger partial charge in [-0.1, -0.05) is 18.2 Å².